The van der Waals surface area contributed by atoms with Crippen LogP contribution in [0.5, 0.6) is 0 Å². The van der Waals surface area contributed by atoms with E-state index in [2.05, 4.69) is 0 Å². The number of aliphatic hydroxyl groups is 1. The van der Waals surface area contributed by atoms with Gasteiger partial charge in [-0.1, -0.05) is 24.3 Å². The highest BCUT2D eigenvalue weighted by Gasteiger charge is 2.10. The minimum Gasteiger partial charge on any atom is -0.396 e. The van der Waals surface area contributed by atoms with Gasteiger partial charge in [-0.3, -0.25) is 8.78 Å². The largest absolute Gasteiger partial charge is 0.396 e. The fourth-order valence-corrected chi connectivity index (χ4v) is 1.30. The Morgan fingerprint density at radius 2 is 1.64 bits per heavy atom. The van der Waals surface area contributed by atoms with Crippen molar-refractivity contribution in [3.63, 3.8) is 0 Å². The molecule has 78 valence electrons. The maximum absolute atomic E-state index is 12.3. The van der Waals surface area contributed by atoms with Gasteiger partial charge in [-0.2, -0.15) is 0 Å². The second kappa shape index (κ2) is 5.70. The lowest BCUT2D eigenvalue weighted by atomic mass is 10.00. The monoisotopic (exact) mass is 200 g/mol. The fraction of sp³-hybridized carbons (Fsp3) is 0.455. The third-order valence-corrected chi connectivity index (χ3v) is 2.22. The zero-order valence-electron chi connectivity index (χ0n) is 7.92. The molecule has 0 saturated carbocycles. The average Bonchev–Trinajstić information content (AvgIpc) is 2.23. The van der Waals surface area contributed by atoms with Crippen LogP contribution in [0.4, 0.5) is 8.78 Å². The van der Waals surface area contributed by atoms with Crippen molar-refractivity contribution in [2.45, 2.75) is 12.3 Å². The fourth-order valence-electron chi connectivity index (χ4n) is 1.30. The highest BCUT2D eigenvalue weighted by Crippen LogP contribution is 2.17. The summed E-state index contributed by atoms with van der Waals surface area (Å²) in [6.45, 7) is -1.25. The van der Waals surface area contributed by atoms with Crippen molar-refractivity contribution in [3.05, 3.63) is 35.4 Å². The zero-order valence-corrected chi connectivity index (χ0v) is 7.92. The summed E-state index contributed by atoms with van der Waals surface area (Å²) in [4.78, 5) is 0. The Balaban J connectivity index is 2.71. The lowest BCUT2D eigenvalue weighted by Gasteiger charge is -2.09. The topological polar surface area (TPSA) is 20.2 Å². The van der Waals surface area contributed by atoms with Gasteiger partial charge in [-0.25, -0.2) is 0 Å². The molecule has 14 heavy (non-hydrogen) atoms. The normalized spacial score (nSPS) is 10.9. The van der Waals surface area contributed by atoms with E-state index in [1.807, 2.05) is 0 Å². The van der Waals surface area contributed by atoms with Crippen LogP contribution in [0, 0.1) is 0 Å². The van der Waals surface area contributed by atoms with Gasteiger partial charge in [0.1, 0.15) is 0 Å². The predicted molar refractivity (Wildman–Crippen MR) is 51.9 cm³/mol. The van der Waals surface area contributed by atoms with Crippen LogP contribution in [-0.4, -0.2) is 25.1 Å². The van der Waals surface area contributed by atoms with Crippen molar-refractivity contribution >= 4 is 0 Å². The highest BCUT2D eigenvalue weighted by molar-refractivity contribution is 5.25. The minimum atomic E-state index is -0.671. The minimum absolute atomic E-state index is 0.0923. The van der Waals surface area contributed by atoms with Gasteiger partial charge in [0.2, 0.25) is 0 Å². The van der Waals surface area contributed by atoms with Crippen LogP contribution in [-0.2, 0) is 6.42 Å². The van der Waals surface area contributed by atoms with Crippen LogP contribution in [0.15, 0.2) is 24.3 Å². The highest BCUT2D eigenvalue weighted by atomic mass is 19.1. The Kier molecular flexibility index (Phi) is 4.53. The Labute approximate surface area is 82.4 Å². The van der Waals surface area contributed by atoms with Crippen LogP contribution in [0.2, 0.25) is 0 Å². The molecule has 1 N–H and O–H groups in total. The molecule has 0 bridgehead atoms. The number of hydrogen-bond acceptors (Lipinski definition) is 1. The molecule has 0 aliphatic rings. The molecule has 1 aromatic rings. The van der Waals surface area contributed by atoms with E-state index in [4.69, 9.17) is 5.11 Å². The van der Waals surface area contributed by atoms with Gasteiger partial charge < -0.3 is 5.11 Å². The van der Waals surface area contributed by atoms with Gasteiger partial charge in [-0.15, -0.1) is 0 Å². The van der Waals surface area contributed by atoms with Gasteiger partial charge in [0.05, 0.1) is 13.3 Å². The van der Waals surface area contributed by atoms with Crippen molar-refractivity contribution < 1.29 is 13.9 Å². The van der Waals surface area contributed by atoms with Gasteiger partial charge in [0, 0.05) is 12.5 Å². The first kappa shape index (κ1) is 11.1. The maximum atomic E-state index is 12.3. The SMILES string of the molecule is OCCc1ccc(C(CF)CF)cc1. The lowest BCUT2D eigenvalue weighted by Crippen LogP contribution is -2.03. The first-order valence-electron chi connectivity index (χ1n) is 4.63. The lowest BCUT2D eigenvalue weighted by molar-refractivity contribution is 0.299. The molecular weight excluding hydrogens is 186 g/mol. The number of hydrogen-bond donors (Lipinski definition) is 1. The Hall–Kier alpha value is -0.960. The maximum Gasteiger partial charge on any atom is 0.0988 e. The van der Waals surface area contributed by atoms with E-state index < -0.39 is 19.3 Å². The summed E-state index contributed by atoms with van der Waals surface area (Å²) < 4.78 is 24.6. The molecule has 0 atom stereocenters. The standard InChI is InChI=1S/C11H14F2O/c12-7-11(8-13)10-3-1-9(2-4-10)5-6-14/h1-4,11,14H,5-8H2. The van der Waals surface area contributed by atoms with Crippen molar-refractivity contribution in [2.24, 2.45) is 0 Å². The summed E-state index contributed by atoms with van der Waals surface area (Å²) in [5.41, 5.74) is 1.66. The number of halogens is 2. The van der Waals surface area contributed by atoms with Gasteiger partial charge in [0.15, 0.2) is 0 Å². The summed E-state index contributed by atoms with van der Waals surface area (Å²) in [5.74, 6) is -0.641. The van der Waals surface area contributed by atoms with Crippen molar-refractivity contribution in [3.8, 4) is 0 Å². The first-order valence-corrected chi connectivity index (χ1v) is 4.63. The molecule has 0 amide bonds. The summed E-state index contributed by atoms with van der Waals surface area (Å²) in [7, 11) is 0. The van der Waals surface area contributed by atoms with Gasteiger partial charge >= 0.3 is 0 Å². The molecule has 0 aliphatic heterocycles. The molecule has 3 heteroatoms. The Morgan fingerprint density at radius 1 is 1.07 bits per heavy atom. The summed E-state index contributed by atoms with van der Waals surface area (Å²) in [5, 5.41) is 8.67. The molecule has 1 rings (SSSR count). The Bertz CT molecular complexity index is 254. The third kappa shape index (κ3) is 2.77. The summed E-state index contributed by atoms with van der Waals surface area (Å²) in [6.07, 6.45) is 0.580. The molecule has 0 spiro atoms. The Morgan fingerprint density at radius 3 is 2.07 bits per heavy atom. The quantitative estimate of drug-likeness (QED) is 0.772. The van der Waals surface area contributed by atoms with Crippen LogP contribution in [0.3, 0.4) is 0 Å². The van der Waals surface area contributed by atoms with Crippen LogP contribution in [0.25, 0.3) is 0 Å². The molecule has 0 heterocycles. The van der Waals surface area contributed by atoms with E-state index in [1.54, 1.807) is 24.3 Å². The zero-order chi connectivity index (χ0) is 10.4. The second-order valence-corrected chi connectivity index (χ2v) is 3.22. The van der Waals surface area contributed by atoms with E-state index in [9.17, 15) is 8.78 Å². The summed E-state index contributed by atoms with van der Waals surface area (Å²) >= 11 is 0. The molecule has 0 fully saturated rings. The number of alkyl halides is 2. The number of rotatable bonds is 5. The molecule has 1 nitrogen and oxygen atoms in total. The smallest absolute Gasteiger partial charge is 0.0988 e. The van der Waals surface area contributed by atoms with Crippen molar-refractivity contribution in [1.29, 1.82) is 0 Å². The van der Waals surface area contributed by atoms with Crippen LogP contribution < -0.4 is 0 Å². The molecule has 0 saturated heterocycles. The molecule has 1 aromatic carbocycles. The van der Waals surface area contributed by atoms with Gasteiger partial charge in [-0.05, 0) is 17.5 Å². The van der Waals surface area contributed by atoms with E-state index in [0.29, 0.717) is 12.0 Å². The van der Waals surface area contributed by atoms with E-state index in [0.717, 1.165) is 5.56 Å². The molecule has 0 radical (unpaired) electrons. The van der Waals surface area contributed by atoms with Crippen LogP contribution in [0.1, 0.15) is 17.0 Å². The molecule has 0 unspecified atom stereocenters. The average molecular weight is 200 g/mol. The number of aliphatic hydroxyl groups excluding tert-OH is 1. The van der Waals surface area contributed by atoms with Crippen molar-refractivity contribution in [2.75, 3.05) is 20.0 Å². The predicted octanol–water partition coefficient (Wildman–Crippen LogP) is 2.24. The van der Waals surface area contributed by atoms with Crippen LogP contribution >= 0.6 is 0 Å². The third-order valence-electron chi connectivity index (χ3n) is 2.22. The first-order chi connectivity index (χ1) is 6.81. The number of benzene rings is 1. The molecule has 0 aliphatic carbocycles. The second-order valence-electron chi connectivity index (χ2n) is 3.22. The van der Waals surface area contributed by atoms with E-state index in [-0.39, 0.29) is 6.61 Å². The molecule has 0 aromatic heterocycles. The molecular formula is C11H14F2O. The summed E-state index contributed by atoms with van der Waals surface area (Å²) in [6, 6.07) is 7.03. The van der Waals surface area contributed by atoms with E-state index in [1.165, 1.54) is 0 Å². The van der Waals surface area contributed by atoms with E-state index >= 15 is 0 Å². The van der Waals surface area contributed by atoms with Gasteiger partial charge in [0.25, 0.3) is 0 Å². The van der Waals surface area contributed by atoms with Crippen molar-refractivity contribution in [1.82, 2.24) is 0 Å².